The van der Waals surface area contributed by atoms with Crippen molar-refractivity contribution in [3.63, 3.8) is 0 Å². The van der Waals surface area contributed by atoms with Crippen LogP contribution in [0.1, 0.15) is 0 Å². The lowest BCUT2D eigenvalue weighted by Crippen LogP contribution is -1.87. The highest BCUT2D eigenvalue weighted by atomic mass is 79.9. The lowest BCUT2D eigenvalue weighted by molar-refractivity contribution is 0.590. The van der Waals surface area contributed by atoms with Crippen molar-refractivity contribution in [1.82, 2.24) is 4.98 Å². The molecule has 0 aliphatic carbocycles. The molecular weight excluding hydrogens is 299 g/mol. The van der Waals surface area contributed by atoms with E-state index in [2.05, 4.69) is 20.9 Å². The van der Waals surface area contributed by atoms with Crippen molar-refractivity contribution in [1.29, 1.82) is 0 Å². The number of anilines is 1. The van der Waals surface area contributed by atoms with Crippen LogP contribution < -0.4 is 5.73 Å². The third-order valence-corrected chi connectivity index (χ3v) is 3.24. The summed E-state index contributed by atoms with van der Waals surface area (Å²) in [6.07, 6.45) is 0. The van der Waals surface area contributed by atoms with Crippen molar-refractivity contribution in [3.8, 4) is 11.5 Å². The number of fused-ring (bicyclic) bond motifs is 1. The van der Waals surface area contributed by atoms with E-state index in [4.69, 9.17) is 10.2 Å². The molecule has 0 saturated carbocycles. The van der Waals surface area contributed by atoms with Crippen molar-refractivity contribution in [3.05, 3.63) is 46.7 Å². The number of benzene rings is 2. The average Bonchev–Trinajstić information content (AvgIpc) is 2.78. The van der Waals surface area contributed by atoms with Gasteiger partial charge in [0.25, 0.3) is 0 Å². The molecule has 0 fully saturated rings. The number of hydrogen-bond acceptors (Lipinski definition) is 3. The van der Waals surface area contributed by atoms with Gasteiger partial charge in [-0.1, -0.05) is 12.1 Å². The van der Waals surface area contributed by atoms with E-state index < -0.39 is 5.82 Å². The van der Waals surface area contributed by atoms with Crippen molar-refractivity contribution >= 4 is 32.7 Å². The summed E-state index contributed by atoms with van der Waals surface area (Å²) in [4.78, 5) is 4.23. The molecule has 3 nitrogen and oxygen atoms in total. The van der Waals surface area contributed by atoms with Gasteiger partial charge >= 0.3 is 0 Å². The van der Waals surface area contributed by atoms with E-state index in [1.54, 1.807) is 36.4 Å². The summed E-state index contributed by atoms with van der Waals surface area (Å²) < 4.78 is 19.8. The molecule has 0 radical (unpaired) electrons. The van der Waals surface area contributed by atoms with Crippen LogP contribution in [-0.2, 0) is 0 Å². The minimum atomic E-state index is -0.400. The van der Waals surface area contributed by atoms with Gasteiger partial charge in [-0.2, -0.15) is 0 Å². The molecule has 2 N–H and O–H groups in total. The number of halogens is 2. The third kappa shape index (κ3) is 1.67. The van der Waals surface area contributed by atoms with Gasteiger partial charge in [-0.3, -0.25) is 0 Å². The summed E-state index contributed by atoms with van der Waals surface area (Å²) in [5.74, 6) is -0.177. The van der Waals surface area contributed by atoms with Crippen LogP contribution in [0.5, 0.6) is 0 Å². The highest BCUT2D eigenvalue weighted by Crippen LogP contribution is 2.31. The summed E-state index contributed by atoms with van der Waals surface area (Å²) in [5, 5.41) is 0. The fourth-order valence-electron chi connectivity index (χ4n) is 1.75. The highest BCUT2D eigenvalue weighted by Gasteiger charge is 2.15. The zero-order chi connectivity index (χ0) is 12.7. The predicted octanol–water partition coefficient (Wildman–Crippen LogP) is 3.98. The summed E-state index contributed by atoms with van der Waals surface area (Å²) in [6.45, 7) is 0. The van der Waals surface area contributed by atoms with Crippen LogP contribution in [0.3, 0.4) is 0 Å². The smallest absolute Gasteiger partial charge is 0.230 e. The first-order valence-corrected chi connectivity index (χ1v) is 6.05. The van der Waals surface area contributed by atoms with E-state index in [1.165, 1.54) is 0 Å². The lowest BCUT2D eigenvalue weighted by atomic mass is 10.2. The SMILES string of the molecule is Nc1cccc2oc(-c3cccc(Br)c3F)nc12. The number of nitrogens with two attached hydrogens (primary N) is 1. The Morgan fingerprint density at radius 3 is 2.72 bits per heavy atom. The summed E-state index contributed by atoms with van der Waals surface area (Å²) in [6, 6.07) is 10.2. The molecule has 2 aromatic carbocycles. The quantitative estimate of drug-likeness (QED) is 0.692. The van der Waals surface area contributed by atoms with Gasteiger partial charge in [0.1, 0.15) is 11.3 Å². The zero-order valence-electron chi connectivity index (χ0n) is 9.15. The Morgan fingerprint density at radius 2 is 1.94 bits per heavy atom. The van der Waals surface area contributed by atoms with Gasteiger partial charge in [-0.25, -0.2) is 9.37 Å². The minimum absolute atomic E-state index is 0.224. The lowest BCUT2D eigenvalue weighted by Gasteiger charge is -1.99. The minimum Gasteiger partial charge on any atom is -0.436 e. The van der Waals surface area contributed by atoms with Gasteiger partial charge in [0.15, 0.2) is 5.58 Å². The highest BCUT2D eigenvalue weighted by molar-refractivity contribution is 9.10. The van der Waals surface area contributed by atoms with E-state index >= 15 is 0 Å². The van der Waals surface area contributed by atoms with Gasteiger partial charge in [-0.05, 0) is 40.2 Å². The summed E-state index contributed by atoms with van der Waals surface area (Å²) in [5.41, 5.74) is 7.70. The number of aromatic nitrogens is 1. The Hall–Kier alpha value is -1.88. The van der Waals surface area contributed by atoms with E-state index in [0.717, 1.165) is 0 Å². The third-order valence-electron chi connectivity index (χ3n) is 2.63. The first-order chi connectivity index (χ1) is 8.66. The molecule has 0 bridgehead atoms. The van der Waals surface area contributed by atoms with Crippen LogP contribution in [-0.4, -0.2) is 4.98 Å². The molecule has 5 heteroatoms. The molecule has 0 amide bonds. The molecular formula is C13H8BrFN2O. The van der Waals surface area contributed by atoms with Crippen molar-refractivity contribution in [2.45, 2.75) is 0 Å². The molecule has 1 aromatic heterocycles. The molecule has 0 unspecified atom stereocenters. The Kier molecular flexibility index (Phi) is 2.56. The van der Waals surface area contributed by atoms with Crippen molar-refractivity contribution < 1.29 is 8.81 Å². The second kappa shape index (κ2) is 4.10. The summed E-state index contributed by atoms with van der Waals surface area (Å²) in [7, 11) is 0. The average molecular weight is 307 g/mol. The van der Waals surface area contributed by atoms with E-state index in [-0.39, 0.29) is 5.89 Å². The van der Waals surface area contributed by atoms with E-state index in [9.17, 15) is 4.39 Å². The number of rotatable bonds is 1. The Bertz CT molecular complexity index is 739. The maximum atomic E-state index is 13.9. The molecule has 0 aliphatic rings. The number of oxazole rings is 1. The van der Waals surface area contributed by atoms with Crippen molar-refractivity contribution in [2.24, 2.45) is 0 Å². The Labute approximate surface area is 111 Å². The number of hydrogen-bond donors (Lipinski definition) is 1. The maximum absolute atomic E-state index is 13.9. The summed E-state index contributed by atoms with van der Waals surface area (Å²) >= 11 is 3.13. The predicted molar refractivity (Wildman–Crippen MR) is 71.5 cm³/mol. The van der Waals surface area contributed by atoms with Crippen LogP contribution in [0.25, 0.3) is 22.6 Å². The van der Waals surface area contributed by atoms with Crippen LogP contribution in [0.4, 0.5) is 10.1 Å². The molecule has 3 rings (SSSR count). The fraction of sp³-hybridized carbons (Fsp3) is 0. The molecule has 0 aliphatic heterocycles. The second-order valence-corrected chi connectivity index (χ2v) is 4.67. The monoisotopic (exact) mass is 306 g/mol. The van der Waals surface area contributed by atoms with Crippen LogP contribution >= 0.6 is 15.9 Å². The van der Waals surface area contributed by atoms with Crippen molar-refractivity contribution in [2.75, 3.05) is 5.73 Å². The van der Waals surface area contributed by atoms with Gasteiger partial charge in [0, 0.05) is 0 Å². The van der Waals surface area contributed by atoms with Gasteiger partial charge in [0.05, 0.1) is 15.7 Å². The maximum Gasteiger partial charge on any atom is 0.230 e. The molecule has 0 spiro atoms. The van der Waals surface area contributed by atoms with E-state index in [0.29, 0.717) is 26.8 Å². The molecule has 0 saturated heterocycles. The second-order valence-electron chi connectivity index (χ2n) is 3.81. The van der Waals surface area contributed by atoms with Crippen LogP contribution in [0.15, 0.2) is 45.3 Å². The Balaban J connectivity index is 2.26. The fourth-order valence-corrected chi connectivity index (χ4v) is 2.12. The number of nitrogen functional groups attached to an aromatic ring is 1. The Morgan fingerprint density at radius 1 is 1.17 bits per heavy atom. The van der Waals surface area contributed by atoms with Crippen LogP contribution in [0, 0.1) is 5.82 Å². The molecule has 3 aromatic rings. The van der Waals surface area contributed by atoms with Gasteiger partial charge in [-0.15, -0.1) is 0 Å². The normalized spacial score (nSPS) is 11.0. The first-order valence-electron chi connectivity index (χ1n) is 5.26. The first kappa shape index (κ1) is 11.2. The van der Waals surface area contributed by atoms with Crippen LogP contribution in [0.2, 0.25) is 0 Å². The number of para-hydroxylation sites is 1. The molecule has 90 valence electrons. The zero-order valence-corrected chi connectivity index (χ0v) is 10.7. The molecule has 0 atom stereocenters. The largest absolute Gasteiger partial charge is 0.436 e. The number of nitrogens with zero attached hydrogens (tertiary/aromatic N) is 1. The standard InChI is InChI=1S/C13H8BrFN2O/c14-8-4-1-3-7(11(8)15)13-17-12-9(16)5-2-6-10(12)18-13/h1-6H,16H2. The van der Waals surface area contributed by atoms with Gasteiger partial charge in [0.2, 0.25) is 5.89 Å². The molecule has 1 heterocycles. The topological polar surface area (TPSA) is 52.0 Å². The molecule has 18 heavy (non-hydrogen) atoms. The van der Waals surface area contributed by atoms with Gasteiger partial charge < -0.3 is 10.2 Å². The van der Waals surface area contributed by atoms with E-state index in [1.807, 2.05) is 0 Å².